The number of amides is 1. The Balaban J connectivity index is 2.86. The van der Waals surface area contributed by atoms with Crippen LogP contribution in [-0.2, 0) is 6.42 Å². The van der Waals surface area contributed by atoms with Gasteiger partial charge in [0.1, 0.15) is 0 Å². The van der Waals surface area contributed by atoms with Gasteiger partial charge in [-0.05, 0) is 50.3 Å². The number of benzene rings is 1. The minimum absolute atomic E-state index is 0.0108. The molecule has 0 aliphatic rings. The summed E-state index contributed by atoms with van der Waals surface area (Å²) >= 11 is 0. The van der Waals surface area contributed by atoms with Gasteiger partial charge in [-0.3, -0.25) is 4.79 Å². The maximum absolute atomic E-state index is 12.5. The molecule has 0 radical (unpaired) electrons. The van der Waals surface area contributed by atoms with Crippen molar-refractivity contribution in [1.29, 1.82) is 0 Å². The van der Waals surface area contributed by atoms with Gasteiger partial charge >= 0.3 is 0 Å². The fourth-order valence-corrected chi connectivity index (χ4v) is 2.86. The van der Waals surface area contributed by atoms with E-state index in [0.717, 1.165) is 24.0 Å². The Morgan fingerprint density at radius 2 is 1.75 bits per heavy atom. The van der Waals surface area contributed by atoms with E-state index in [0.29, 0.717) is 6.54 Å². The predicted octanol–water partition coefficient (Wildman–Crippen LogP) is 3.13. The van der Waals surface area contributed by atoms with E-state index in [1.54, 1.807) is 0 Å². The van der Waals surface area contributed by atoms with E-state index in [1.165, 1.54) is 0 Å². The van der Waals surface area contributed by atoms with E-state index in [4.69, 9.17) is 5.73 Å². The molecule has 20 heavy (non-hydrogen) atoms. The molecule has 3 nitrogen and oxygen atoms in total. The van der Waals surface area contributed by atoms with Crippen LogP contribution in [0.3, 0.4) is 0 Å². The second kappa shape index (κ2) is 6.40. The van der Waals surface area contributed by atoms with Crippen LogP contribution in [0.4, 0.5) is 0 Å². The van der Waals surface area contributed by atoms with Gasteiger partial charge in [0.05, 0.1) is 0 Å². The Bertz CT molecular complexity index is 458. The summed E-state index contributed by atoms with van der Waals surface area (Å²) in [4.78, 5) is 12.5. The van der Waals surface area contributed by atoms with Gasteiger partial charge < -0.3 is 11.1 Å². The first-order chi connectivity index (χ1) is 9.14. The summed E-state index contributed by atoms with van der Waals surface area (Å²) in [6.45, 7) is 11.2. The normalized spacial score (nSPS) is 12.3. The van der Waals surface area contributed by atoms with Crippen LogP contribution < -0.4 is 11.1 Å². The van der Waals surface area contributed by atoms with Crippen LogP contribution in [0, 0.1) is 5.41 Å². The highest BCUT2D eigenvalue weighted by Gasteiger charge is 2.27. The zero-order valence-corrected chi connectivity index (χ0v) is 13.4. The SMILES string of the molecule is CC(C)(C)CC(C)(C)NC(=O)c1ccccc1CCN. The van der Waals surface area contributed by atoms with Gasteiger partial charge in [-0.15, -0.1) is 0 Å². The van der Waals surface area contributed by atoms with Gasteiger partial charge in [0.2, 0.25) is 0 Å². The summed E-state index contributed by atoms with van der Waals surface area (Å²) in [6, 6.07) is 7.68. The second-order valence-electron chi connectivity index (χ2n) is 7.27. The Labute approximate surface area is 122 Å². The second-order valence-corrected chi connectivity index (χ2v) is 7.27. The van der Waals surface area contributed by atoms with Crippen LogP contribution in [0.15, 0.2) is 24.3 Å². The average molecular weight is 276 g/mol. The first-order valence-electron chi connectivity index (χ1n) is 7.25. The molecule has 1 rings (SSSR count). The summed E-state index contributed by atoms with van der Waals surface area (Å²) in [5, 5.41) is 3.15. The van der Waals surface area contributed by atoms with Gasteiger partial charge in [-0.1, -0.05) is 39.0 Å². The van der Waals surface area contributed by atoms with Crippen molar-refractivity contribution < 1.29 is 4.79 Å². The molecule has 0 fully saturated rings. The Kier molecular flexibility index (Phi) is 5.35. The molecule has 0 bridgehead atoms. The Morgan fingerprint density at radius 1 is 1.15 bits per heavy atom. The topological polar surface area (TPSA) is 55.1 Å². The molecule has 1 amide bonds. The summed E-state index contributed by atoms with van der Waals surface area (Å²) in [5.74, 6) is -0.0108. The summed E-state index contributed by atoms with van der Waals surface area (Å²) in [7, 11) is 0. The number of nitrogens with one attached hydrogen (secondary N) is 1. The van der Waals surface area contributed by atoms with Crippen molar-refractivity contribution in [3.63, 3.8) is 0 Å². The van der Waals surface area contributed by atoms with E-state index in [9.17, 15) is 4.79 Å². The third-order valence-corrected chi connectivity index (χ3v) is 3.10. The van der Waals surface area contributed by atoms with Crippen molar-refractivity contribution in [2.45, 2.75) is 53.0 Å². The van der Waals surface area contributed by atoms with E-state index in [-0.39, 0.29) is 16.9 Å². The highest BCUT2D eigenvalue weighted by molar-refractivity contribution is 5.96. The van der Waals surface area contributed by atoms with Gasteiger partial charge in [-0.25, -0.2) is 0 Å². The monoisotopic (exact) mass is 276 g/mol. The fourth-order valence-electron chi connectivity index (χ4n) is 2.86. The van der Waals surface area contributed by atoms with Crippen molar-refractivity contribution in [3.05, 3.63) is 35.4 Å². The predicted molar refractivity (Wildman–Crippen MR) is 84.8 cm³/mol. The number of rotatable bonds is 5. The van der Waals surface area contributed by atoms with Crippen LogP contribution in [-0.4, -0.2) is 18.0 Å². The molecule has 0 saturated heterocycles. The lowest BCUT2D eigenvalue weighted by atomic mass is 9.81. The van der Waals surface area contributed by atoms with Crippen LogP contribution in [0.25, 0.3) is 0 Å². The minimum Gasteiger partial charge on any atom is -0.347 e. The third-order valence-electron chi connectivity index (χ3n) is 3.10. The van der Waals surface area contributed by atoms with Crippen LogP contribution in [0.5, 0.6) is 0 Å². The molecule has 3 heteroatoms. The molecule has 0 aliphatic carbocycles. The summed E-state index contributed by atoms with van der Waals surface area (Å²) < 4.78 is 0. The maximum atomic E-state index is 12.5. The molecule has 3 N–H and O–H groups in total. The first kappa shape index (κ1) is 16.7. The minimum atomic E-state index is -0.231. The largest absolute Gasteiger partial charge is 0.347 e. The van der Waals surface area contributed by atoms with Crippen molar-refractivity contribution in [3.8, 4) is 0 Å². The third kappa shape index (κ3) is 5.33. The van der Waals surface area contributed by atoms with Crippen molar-refractivity contribution in [2.75, 3.05) is 6.54 Å². The standard InChI is InChI=1S/C17H28N2O/c1-16(2,3)12-17(4,5)19-15(20)14-9-7-6-8-13(14)10-11-18/h6-9H,10-12,18H2,1-5H3,(H,19,20). The molecule has 1 aromatic rings. The van der Waals surface area contributed by atoms with Crippen molar-refractivity contribution >= 4 is 5.91 Å². The van der Waals surface area contributed by atoms with Crippen LogP contribution in [0.2, 0.25) is 0 Å². The van der Waals surface area contributed by atoms with Gasteiger partial charge in [0.25, 0.3) is 5.91 Å². The fraction of sp³-hybridized carbons (Fsp3) is 0.588. The molecular formula is C17H28N2O. The Morgan fingerprint density at radius 3 is 2.30 bits per heavy atom. The molecule has 1 aromatic carbocycles. The maximum Gasteiger partial charge on any atom is 0.251 e. The van der Waals surface area contributed by atoms with E-state index in [2.05, 4.69) is 39.9 Å². The number of carbonyl (C=O) groups is 1. The zero-order chi connectivity index (χ0) is 15.4. The molecule has 0 saturated carbocycles. The molecule has 0 heterocycles. The van der Waals surface area contributed by atoms with Gasteiger partial charge in [0, 0.05) is 11.1 Å². The highest BCUT2D eigenvalue weighted by atomic mass is 16.1. The lowest BCUT2D eigenvalue weighted by Crippen LogP contribution is -2.46. The number of hydrogen-bond donors (Lipinski definition) is 2. The number of nitrogens with two attached hydrogens (primary N) is 1. The zero-order valence-electron chi connectivity index (χ0n) is 13.4. The first-order valence-corrected chi connectivity index (χ1v) is 7.25. The molecular weight excluding hydrogens is 248 g/mol. The molecule has 0 atom stereocenters. The number of carbonyl (C=O) groups excluding carboxylic acids is 1. The van der Waals surface area contributed by atoms with Gasteiger partial charge in [0.15, 0.2) is 0 Å². The van der Waals surface area contributed by atoms with E-state index < -0.39 is 0 Å². The molecule has 112 valence electrons. The molecule has 0 aromatic heterocycles. The highest BCUT2D eigenvalue weighted by Crippen LogP contribution is 2.27. The lowest BCUT2D eigenvalue weighted by Gasteiger charge is -2.33. The number of hydrogen-bond acceptors (Lipinski definition) is 2. The van der Waals surface area contributed by atoms with Crippen molar-refractivity contribution in [1.82, 2.24) is 5.32 Å². The summed E-state index contributed by atoms with van der Waals surface area (Å²) in [5.41, 5.74) is 7.30. The summed E-state index contributed by atoms with van der Waals surface area (Å²) in [6.07, 6.45) is 1.65. The average Bonchev–Trinajstić information content (AvgIpc) is 2.25. The molecule has 0 spiro atoms. The quantitative estimate of drug-likeness (QED) is 0.868. The van der Waals surface area contributed by atoms with Crippen molar-refractivity contribution in [2.24, 2.45) is 11.1 Å². The van der Waals surface area contributed by atoms with Gasteiger partial charge in [-0.2, -0.15) is 0 Å². The van der Waals surface area contributed by atoms with Crippen LogP contribution >= 0.6 is 0 Å². The van der Waals surface area contributed by atoms with E-state index in [1.807, 2.05) is 24.3 Å². The smallest absolute Gasteiger partial charge is 0.251 e. The molecule has 0 aliphatic heterocycles. The Hall–Kier alpha value is -1.35. The molecule has 0 unspecified atom stereocenters. The van der Waals surface area contributed by atoms with Crippen LogP contribution in [0.1, 0.15) is 57.0 Å². The lowest BCUT2D eigenvalue weighted by molar-refractivity contribution is 0.0890. The van der Waals surface area contributed by atoms with E-state index >= 15 is 0 Å².